The van der Waals surface area contributed by atoms with Crippen molar-refractivity contribution in [2.45, 2.75) is 12.5 Å². The van der Waals surface area contributed by atoms with Gasteiger partial charge in [-0.15, -0.1) is 0 Å². The number of anilines is 1. The van der Waals surface area contributed by atoms with Gasteiger partial charge >= 0.3 is 12.0 Å². The standard InChI is InChI=1S/C9H14N4O4/c1-13-5-6(4-10-13)11-9(17)12-7(2-3-14)8(15)16/h4-5,7,14H,2-3H2,1H3,(H,15,16)(H2,11,12,17)/t7-/m1/s1. The van der Waals surface area contributed by atoms with Crippen LogP contribution < -0.4 is 10.6 Å². The summed E-state index contributed by atoms with van der Waals surface area (Å²) in [6.45, 7) is -0.315. The molecule has 0 fully saturated rings. The van der Waals surface area contributed by atoms with Crippen molar-refractivity contribution >= 4 is 17.7 Å². The highest BCUT2D eigenvalue weighted by molar-refractivity contribution is 5.91. The van der Waals surface area contributed by atoms with Gasteiger partial charge in [0.25, 0.3) is 0 Å². The molecule has 4 N–H and O–H groups in total. The Hall–Kier alpha value is -2.09. The molecule has 8 heteroatoms. The molecule has 0 unspecified atom stereocenters. The van der Waals surface area contributed by atoms with E-state index in [9.17, 15) is 9.59 Å². The number of aliphatic carboxylic acids is 1. The number of aryl methyl sites for hydroxylation is 1. The first-order valence-electron chi connectivity index (χ1n) is 4.92. The third-order valence-electron chi connectivity index (χ3n) is 1.98. The number of carbonyl (C=O) groups excluding carboxylic acids is 1. The summed E-state index contributed by atoms with van der Waals surface area (Å²) in [7, 11) is 1.69. The van der Waals surface area contributed by atoms with Gasteiger partial charge in [0.2, 0.25) is 0 Å². The van der Waals surface area contributed by atoms with Gasteiger partial charge in [0.1, 0.15) is 6.04 Å². The number of carboxylic acids is 1. The lowest BCUT2D eigenvalue weighted by Crippen LogP contribution is -2.43. The first kappa shape index (κ1) is 13.0. The van der Waals surface area contributed by atoms with Crippen molar-refractivity contribution in [1.82, 2.24) is 15.1 Å². The maximum absolute atomic E-state index is 11.4. The molecule has 1 rings (SSSR count). The second-order valence-electron chi connectivity index (χ2n) is 3.40. The van der Waals surface area contributed by atoms with Gasteiger partial charge in [-0.25, -0.2) is 9.59 Å². The molecule has 0 saturated carbocycles. The third-order valence-corrected chi connectivity index (χ3v) is 1.98. The quantitative estimate of drug-likeness (QED) is 0.549. The Morgan fingerprint density at radius 2 is 2.29 bits per heavy atom. The van der Waals surface area contributed by atoms with Crippen LogP contribution in [0.15, 0.2) is 12.4 Å². The molecule has 8 nitrogen and oxygen atoms in total. The molecular formula is C9H14N4O4. The normalized spacial score (nSPS) is 11.9. The van der Waals surface area contributed by atoms with Crippen molar-refractivity contribution in [2.75, 3.05) is 11.9 Å². The molecule has 1 aromatic heterocycles. The van der Waals surface area contributed by atoms with E-state index in [4.69, 9.17) is 10.2 Å². The first-order valence-corrected chi connectivity index (χ1v) is 4.92. The smallest absolute Gasteiger partial charge is 0.326 e. The van der Waals surface area contributed by atoms with Crippen LogP contribution in [0.5, 0.6) is 0 Å². The number of hydrogen-bond donors (Lipinski definition) is 4. The SMILES string of the molecule is Cn1cc(NC(=O)N[C@H](CCO)C(=O)O)cn1. The highest BCUT2D eigenvalue weighted by Gasteiger charge is 2.19. The van der Waals surface area contributed by atoms with E-state index in [1.165, 1.54) is 10.9 Å². The molecule has 1 atom stereocenters. The molecule has 0 aromatic carbocycles. The fraction of sp³-hybridized carbons (Fsp3) is 0.444. The molecule has 1 heterocycles. The monoisotopic (exact) mass is 242 g/mol. The average Bonchev–Trinajstić information content (AvgIpc) is 2.63. The molecule has 0 saturated heterocycles. The van der Waals surface area contributed by atoms with Crippen LogP contribution in [-0.2, 0) is 11.8 Å². The van der Waals surface area contributed by atoms with E-state index >= 15 is 0 Å². The van der Waals surface area contributed by atoms with E-state index in [1.54, 1.807) is 13.2 Å². The van der Waals surface area contributed by atoms with Crippen molar-refractivity contribution in [3.63, 3.8) is 0 Å². The van der Waals surface area contributed by atoms with Crippen LogP contribution in [-0.4, -0.2) is 44.6 Å². The van der Waals surface area contributed by atoms with Crippen LogP contribution in [0, 0.1) is 0 Å². The molecule has 1 aromatic rings. The summed E-state index contributed by atoms with van der Waals surface area (Å²) in [5.41, 5.74) is 0.457. The number of nitrogens with one attached hydrogen (secondary N) is 2. The zero-order valence-electron chi connectivity index (χ0n) is 9.25. The Kier molecular flexibility index (Phi) is 4.46. The van der Waals surface area contributed by atoms with Crippen molar-refractivity contribution in [1.29, 1.82) is 0 Å². The van der Waals surface area contributed by atoms with Crippen molar-refractivity contribution < 1.29 is 19.8 Å². The highest BCUT2D eigenvalue weighted by atomic mass is 16.4. The molecule has 0 aliphatic heterocycles. The maximum Gasteiger partial charge on any atom is 0.326 e. The maximum atomic E-state index is 11.4. The lowest BCUT2D eigenvalue weighted by atomic mass is 10.2. The number of urea groups is 1. The second-order valence-corrected chi connectivity index (χ2v) is 3.40. The Morgan fingerprint density at radius 1 is 1.59 bits per heavy atom. The van der Waals surface area contributed by atoms with Gasteiger partial charge < -0.3 is 20.8 Å². The molecular weight excluding hydrogens is 228 g/mol. The Labute approximate surface area is 97.2 Å². The van der Waals surface area contributed by atoms with Gasteiger partial charge in [-0.1, -0.05) is 0 Å². The van der Waals surface area contributed by atoms with E-state index < -0.39 is 18.0 Å². The van der Waals surface area contributed by atoms with Gasteiger partial charge in [0, 0.05) is 26.3 Å². The van der Waals surface area contributed by atoms with Gasteiger partial charge in [0.15, 0.2) is 0 Å². The topological polar surface area (TPSA) is 116 Å². The van der Waals surface area contributed by atoms with Gasteiger partial charge in [0.05, 0.1) is 11.9 Å². The number of carbonyl (C=O) groups is 2. The number of aliphatic hydroxyl groups is 1. The molecule has 17 heavy (non-hydrogen) atoms. The first-order chi connectivity index (χ1) is 8.02. The molecule has 0 aliphatic carbocycles. The number of carboxylic acid groups (broad SMARTS) is 1. The molecule has 2 amide bonds. The second kappa shape index (κ2) is 5.85. The third kappa shape index (κ3) is 4.11. The number of amides is 2. The predicted octanol–water partition coefficient (Wildman–Crippen LogP) is -0.623. The largest absolute Gasteiger partial charge is 0.480 e. The van der Waals surface area contributed by atoms with Crippen molar-refractivity contribution in [2.24, 2.45) is 7.05 Å². The summed E-state index contributed by atoms with van der Waals surface area (Å²) in [5.74, 6) is -1.19. The van der Waals surface area contributed by atoms with E-state index in [0.717, 1.165) is 0 Å². The summed E-state index contributed by atoms with van der Waals surface area (Å²) >= 11 is 0. The minimum Gasteiger partial charge on any atom is -0.480 e. The van der Waals surface area contributed by atoms with E-state index in [1.807, 2.05) is 0 Å². The summed E-state index contributed by atoms with van der Waals surface area (Å²) in [6.07, 6.45) is 2.96. The van der Waals surface area contributed by atoms with E-state index in [0.29, 0.717) is 5.69 Å². The van der Waals surface area contributed by atoms with Gasteiger partial charge in [-0.2, -0.15) is 5.10 Å². The number of nitrogens with zero attached hydrogens (tertiary/aromatic N) is 2. The van der Waals surface area contributed by atoms with E-state index in [-0.39, 0.29) is 13.0 Å². The lowest BCUT2D eigenvalue weighted by molar-refractivity contribution is -0.139. The van der Waals surface area contributed by atoms with Gasteiger partial charge in [-0.05, 0) is 0 Å². The molecule has 0 bridgehead atoms. The summed E-state index contributed by atoms with van der Waals surface area (Å²) in [5, 5.41) is 25.9. The van der Waals surface area contributed by atoms with Crippen LogP contribution in [0.2, 0.25) is 0 Å². The van der Waals surface area contributed by atoms with Crippen LogP contribution in [0.3, 0.4) is 0 Å². The average molecular weight is 242 g/mol. The highest BCUT2D eigenvalue weighted by Crippen LogP contribution is 2.03. The Bertz CT molecular complexity index is 403. The fourth-order valence-electron chi connectivity index (χ4n) is 1.20. The summed E-state index contributed by atoms with van der Waals surface area (Å²) < 4.78 is 1.50. The Balaban J connectivity index is 2.50. The molecule has 0 aliphatic rings. The number of aromatic nitrogens is 2. The van der Waals surface area contributed by atoms with Crippen LogP contribution in [0.1, 0.15) is 6.42 Å². The minimum atomic E-state index is -1.19. The van der Waals surface area contributed by atoms with Gasteiger partial charge in [-0.3, -0.25) is 4.68 Å². The number of aliphatic hydroxyl groups excluding tert-OH is 1. The lowest BCUT2D eigenvalue weighted by Gasteiger charge is -2.13. The Morgan fingerprint density at radius 3 is 2.76 bits per heavy atom. The summed E-state index contributed by atoms with van der Waals surface area (Å²) in [6, 6.07) is -1.77. The number of hydrogen-bond acceptors (Lipinski definition) is 4. The fourth-order valence-corrected chi connectivity index (χ4v) is 1.20. The molecule has 0 radical (unpaired) electrons. The van der Waals surface area contributed by atoms with Crippen molar-refractivity contribution in [3.8, 4) is 0 Å². The van der Waals surface area contributed by atoms with Crippen LogP contribution in [0.4, 0.5) is 10.5 Å². The van der Waals surface area contributed by atoms with Crippen LogP contribution >= 0.6 is 0 Å². The number of rotatable bonds is 5. The van der Waals surface area contributed by atoms with E-state index in [2.05, 4.69) is 15.7 Å². The zero-order chi connectivity index (χ0) is 12.8. The summed E-state index contributed by atoms with van der Waals surface area (Å²) in [4.78, 5) is 22.1. The molecule has 0 spiro atoms. The molecule has 94 valence electrons. The predicted molar refractivity (Wildman–Crippen MR) is 58.5 cm³/mol. The zero-order valence-corrected chi connectivity index (χ0v) is 9.25. The van der Waals surface area contributed by atoms with Crippen molar-refractivity contribution in [3.05, 3.63) is 12.4 Å². The minimum absolute atomic E-state index is 0.0458. The van der Waals surface area contributed by atoms with Crippen LogP contribution in [0.25, 0.3) is 0 Å².